The van der Waals surface area contributed by atoms with Gasteiger partial charge in [-0.3, -0.25) is 19.1 Å². The minimum atomic E-state index is -4.72. The number of ether oxygens (including phenoxy) is 3. The largest absolute Gasteiger partial charge is 0.493 e. The second-order valence-electron chi connectivity index (χ2n) is 12.1. The third-order valence-corrected chi connectivity index (χ3v) is 8.53. The van der Waals surface area contributed by atoms with E-state index in [4.69, 9.17) is 14.2 Å². The molecule has 6 rings (SSSR count). The molecule has 0 saturated carbocycles. The van der Waals surface area contributed by atoms with Gasteiger partial charge >= 0.3 is 11.9 Å². The lowest BCUT2D eigenvalue weighted by Gasteiger charge is -2.26. The molecule has 1 fully saturated rings. The number of amides is 1. The second kappa shape index (κ2) is 15.2. The van der Waals surface area contributed by atoms with Gasteiger partial charge in [0.25, 0.3) is 11.5 Å². The van der Waals surface area contributed by atoms with E-state index < -0.39 is 40.4 Å². The highest BCUT2D eigenvalue weighted by Crippen LogP contribution is 2.38. The van der Waals surface area contributed by atoms with E-state index in [-0.39, 0.29) is 22.9 Å². The molecule has 1 N–H and O–H groups in total. The monoisotopic (exact) mass is 722 g/mol. The van der Waals surface area contributed by atoms with Crippen LogP contribution in [0.2, 0.25) is 0 Å². The predicted molar refractivity (Wildman–Crippen MR) is 183 cm³/mol. The number of pyridine rings is 1. The third kappa shape index (κ3) is 7.91. The van der Waals surface area contributed by atoms with Crippen molar-refractivity contribution in [2.75, 3.05) is 38.7 Å². The SMILES string of the molecule is COc1cc2c(Oc3ccc(NC(=O)c4nn(-c5cccc(C(F)(F)F)c5)c(=O)n(C)c4=O)cc3F)ccnc2cc1OCCCN1CCCCC1. The molecule has 0 aliphatic carbocycles. The fourth-order valence-electron chi connectivity index (χ4n) is 5.81. The molecule has 0 bridgehead atoms. The van der Waals surface area contributed by atoms with Crippen molar-refractivity contribution in [3.8, 4) is 28.7 Å². The zero-order valence-electron chi connectivity index (χ0n) is 28.2. The van der Waals surface area contributed by atoms with Crippen LogP contribution in [0.5, 0.6) is 23.0 Å². The van der Waals surface area contributed by atoms with Crippen molar-refractivity contribution in [2.24, 2.45) is 7.05 Å². The van der Waals surface area contributed by atoms with Gasteiger partial charge in [0.05, 0.1) is 30.5 Å². The number of hydrogen-bond acceptors (Lipinski definition) is 9. The van der Waals surface area contributed by atoms with E-state index >= 15 is 4.39 Å². The lowest BCUT2D eigenvalue weighted by atomic mass is 10.1. The normalized spacial score (nSPS) is 13.6. The summed E-state index contributed by atoms with van der Waals surface area (Å²) >= 11 is 0. The molecule has 0 atom stereocenters. The zero-order chi connectivity index (χ0) is 37.0. The molecule has 1 aliphatic heterocycles. The molecule has 3 aromatic carbocycles. The number of fused-ring (bicyclic) bond motifs is 1. The molecule has 272 valence electrons. The van der Waals surface area contributed by atoms with Crippen molar-refractivity contribution in [2.45, 2.75) is 31.9 Å². The number of carbonyl (C=O) groups is 1. The molecule has 5 aromatic rings. The van der Waals surface area contributed by atoms with Gasteiger partial charge in [-0.15, -0.1) is 0 Å². The van der Waals surface area contributed by atoms with Crippen LogP contribution in [0.15, 0.2) is 76.4 Å². The van der Waals surface area contributed by atoms with E-state index in [1.165, 1.54) is 44.7 Å². The average molecular weight is 723 g/mol. The van der Waals surface area contributed by atoms with Crippen LogP contribution < -0.4 is 30.8 Å². The summed E-state index contributed by atoms with van der Waals surface area (Å²) in [6.07, 6.45) is 1.35. The summed E-state index contributed by atoms with van der Waals surface area (Å²) in [5.74, 6) is -0.987. The second-order valence-corrected chi connectivity index (χ2v) is 12.1. The van der Waals surface area contributed by atoms with Crippen molar-refractivity contribution >= 4 is 22.5 Å². The van der Waals surface area contributed by atoms with Crippen molar-refractivity contribution < 1.29 is 36.6 Å². The lowest BCUT2D eigenvalue weighted by Crippen LogP contribution is -2.43. The van der Waals surface area contributed by atoms with Crippen LogP contribution in [-0.4, -0.2) is 63.5 Å². The summed E-state index contributed by atoms with van der Waals surface area (Å²) in [7, 11) is 2.55. The van der Waals surface area contributed by atoms with Crippen LogP contribution in [0.3, 0.4) is 0 Å². The number of likely N-dealkylation sites (tertiary alicyclic amines) is 1. The van der Waals surface area contributed by atoms with Gasteiger partial charge in [0.15, 0.2) is 23.1 Å². The van der Waals surface area contributed by atoms with Crippen LogP contribution >= 0.6 is 0 Å². The van der Waals surface area contributed by atoms with E-state index in [2.05, 4.69) is 20.3 Å². The van der Waals surface area contributed by atoms with Gasteiger partial charge in [0.2, 0.25) is 5.69 Å². The Morgan fingerprint density at radius 3 is 2.46 bits per heavy atom. The number of piperidine rings is 1. The highest BCUT2D eigenvalue weighted by molar-refractivity contribution is 6.02. The molecule has 0 unspecified atom stereocenters. The summed E-state index contributed by atoms with van der Waals surface area (Å²) in [6, 6.07) is 12.1. The first-order valence-corrected chi connectivity index (χ1v) is 16.4. The van der Waals surface area contributed by atoms with Crippen LogP contribution in [0.1, 0.15) is 41.7 Å². The van der Waals surface area contributed by atoms with Crippen LogP contribution in [0.25, 0.3) is 16.6 Å². The van der Waals surface area contributed by atoms with Crippen LogP contribution in [0, 0.1) is 5.82 Å². The van der Waals surface area contributed by atoms with Crippen molar-refractivity contribution in [1.29, 1.82) is 0 Å². The number of alkyl halides is 3. The number of halogens is 4. The summed E-state index contributed by atoms with van der Waals surface area (Å²) in [4.78, 5) is 45.5. The summed E-state index contributed by atoms with van der Waals surface area (Å²) in [6.45, 7) is 3.66. The predicted octanol–water partition coefficient (Wildman–Crippen LogP) is 5.95. The van der Waals surface area contributed by atoms with E-state index in [1.54, 1.807) is 18.2 Å². The van der Waals surface area contributed by atoms with Gasteiger partial charge in [-0.25, -0.2) is 9.18 Å². The Kier molecular flexibility index (Phi) is 10.6. The van der Waals surface area contributed by atoms with Gasteiger partial charge in [-0.1, -0.05) is 12.5 Å². The Morgan fingerprint density at radius 2 is 1.73 bits per heavy atom. The molecule has 3 heterocycles. The Balaban J connectivity index is 1.18. The van der Waals surface area contributed by atoms with E-state index in [1.807, 2.05) is 0 Å². The quantitative estimate of drug-likeness (QED) is 0.130. The highest BCUT2D eigenvalue weighted by Gasteiger charge is 2.31. The van der Waals surface area contributed by atoms with E-state index in [0.29, 0.717) is 44.3 Å². The topological polar surface area (TPSA) is 130 Å². The zero-order valence-corrected chi connectivity index (χ0v) is 28.2. The Hall–Kier alpha value is -5.77. The Labute approximate surface area is 294 Å². The number of aromatic nitrogens is 4. The van der Waals surface area contributed by atoms with Crippen LogP contribution in [0.4, 0.5) is 23.2 Å². The third-order valence-electron chi connectivity index (χ3n) is 8.53. The molecule has 0 spiro atoms. The molecule has 1 aliphatic rings. The van der Waals surface area contributed by atoms with Crippen LogP contribution in [-0.2, 0) is 13.2 Å². The maximum absolute atomic E-state index is 15.4. The van der Waals surface area contributed by atoms with E-state index in [9.17, 15) is 27.6 Å². The van der Waals surface area contributed by atoms with Gasteiger partial charge < -0.3 is 24.4 Å². The number of methoxy groups -OCH3 is 1. The molecular formula is C36H34F4N6O6. The summed E-state index contributed by atoms with van der Waals surface area (Å²) in [5, 5.41) is 6.61. The number of nitrogens with one attached hydrogen (secondary N) is 1. The first-order valence-electron chi connectivity index (χ1n) is 16.4. The number of carbonyl (C=O) groups excluding carboxylic acids is 1. The maximum Gasteiger partial charge on any atom is 0.416 e. The molecule has 1 amide bonds. The lowest BCUT2D eigenvalue weighted by molar-refractivity contribution is -0.137. The van der Waals surface area contributed by atoms with Crippen molar-refractivity contribution in [3.05, 3.63) is 105 Å². The standard InChI is InChI=1S/C36H34F4N6O6/c1-44-34(48)32(43-46(35(44)49)24-9-6-8-22(18-24)36(38,39)40)33(47)42-23-10-11-29(26(37)19-23)52-28-12-13-41-27-21-31(30(50-2)20-25(27)28)51-17-7-16-45-14-4-3-5-15-45/h6,8-13,18-21H,3-5,7,14-17H2,1-2H3,(H,42,47). The number of nitrogens with zero attached hydrogens (tertiary/aromatic N) is 5. The molecule has 16 heteroatoms. The fraction of sp³-hybridized carbons (Fsp3) is 0.306. The Morgan fingerprint density at radius 1 is 0.942 bits per heavy atom. The maximum atomic E-state index is 15.4. The van der Waals surface area contributed by atoms with Gasteiger partial charge in [-0.05, 0) is 74.8 Å². The van der Waals surface area contributed by atoms with E-state index in [0.717, 1.165) is 57.4 Å². The smallest absolute Gasteiger partial charge is 0.416 e. The van der Waals surface area contributed by atoms with Crippen molar-refractivity contribution in [3.63, 3.8) is 0 Å². The highest BCUT2D eigenvalue weighted by atomic mass is 19.4. The molecule has 12 nitrogen and oxygen atoms in total. The number of benzene rings is 3. The molecule has 2 aromatic heterocycles. The van der Waals surface area contributed by atoms with Gasteiger partial charge in [0.1, 0.15) is 5.75 Å². The van der Waals surface area contributed by atoms with Gasteiger partial charge in [0, 0.05) is 43.0 Å². The minimum Gasteiger partial charge on any atom is -0.493 e. The molecule has 0 radical (unpaired) electrons. The number of rotatable bonds is 11. The molecular weight excluding hydrogens is 688 g/mol. The summed E-state index contributed by atoms with van der Waals surface area (Å²) < 4.78 is 73.8. The Bertz CT molecular complexity index is 2230. The fourth-order valence-corrected chi connectivity index (χ4v) is 5.81. The average Bonchev–Trinajstić information content (AvgIpc) is 3.13. The number of hydrogen-bond donors (Lipinski definition) is 1. The molecule has 1 saturated heterocycles. The minimum absolute atomic E-state index is 0.0983. The number of anilines is 1. The first kappa shape index (κ1) is 36.0. The van der Waals surface area contributed by atoms with Crippen molar-refractivity contribution in [1.82, 2.24) is 24.2 Å². The first-order chi connectivity index (χ1) is 24.9. The summed E-state index contributed by atoms with van der Waals surface area (Å²) in [5.41, 5.74) is -3.98. The molecule has 52 heavy (non-hydrogen) atoms. The van der Waals surface area contributed by atoms with Gasteiger partial charge in [-0.2, -0.15) is 23.0 Å².